The SMILES string of the molecule is OCc1ccccc1Sc1ccccc1CN1CCCCC1. The highest BCUT2D eigenvalue weighted by molar-refractivity contribution is 7.99. The predicted octanol–water partition coefficient (Wildman–Crippen LogP) is 4.32. The third kappa shape index (κ3) is 3.92. The highest BCUT2D eigenvalue weighted by Gasteiger charge is 2.13. The van der Waals surface area contributed by atoms with E-state index in [-0.39, 0.29) is 6.61 Å². The van der Waals surface area contributed by atoms with Gasteiger partial charge in [-0.15, -0.1) is 0 Å². The molecular weight excluding hydrogens is 290 g/mol. The number of aliphatic hydroxyl groups is 1. The topological polar surface area (TPSA) is 23.5 Å². The van der Waals surface area contributed by atoms with Gasteiger partial charge in [0.1, 0.15) is 0 Å². The molecule has 0 bridgehead atoms. The summed E-state index contributed by atoms with van der Waals surface area (Å²) in [6, 6.07) is 16.8. The van der Waals surface area contributed by atoms with Crippen LogP contribution in [0.25, 0.3) is 0 Å². The van der Waals surface area contributed by atoms with Crippen molar-refractivity contribution in [3.63, 3.8) is 0 Å². The number of benzene rings is 2. The van der Waals surface area contributed by atoms with E-state index in [0.717, 1.165) is 17.0 Å². The van der Waals surface area contributed by atoms with Crippen LogP contribution in [0.3, 0.4) is 0 Å². The van der Waals surface area contributed by atoms with Crippen LogP contribution in [0.4, 0.5) is 0 Å². The van der Waals surface area contributed by atoms with E-state index in [1.165, 1.54) is 42.8 Å². The van der Waals surface area contributed by atoms with Crippen LogP contribution in [0.2, 0.25) is 0 Å². The molecule has 0 atom stereocenters. The molecule has 3 rings (SSSR count). The Bertz CT molecular complexity index is 608. The molecule has 0 spiro atoms. The van der Waals surface area contributed by atoms with Gasteiger partial charge in [-0.3, -0.25) is 4.90 Å². The van der Waals surface area contributed by atoms with Crippen molar-refractivity contribution in [3.05, 3.63) is 59.7 Å². The van der Waals surface area contributed by atoms with Crippen LogP contribution in [-0.4, -0.2) is 23.1 Å². The first-order valence-electron chi connectivity index (χ1n) is 8.03. The molecule has 1 saturated heterocycles. The molecule has 116 valence electrons. The molecule has 1 aliphatic rings. The number of hydrogen-bond donors (Lipinski definition) is 1. The molecule has 1 aliphatic heterocycles. The summed E-state index contributed by atoms with van der Waals surface area (Å²) >= 11 is 1.77. The minimum atomic E-state index is 0.0947. The molecular formula is C19H23NOS. The molecule has 22 heavy (non-hydrogen) atoms. The Morgan fingerprint density at radius 3 is 2.09 bits per heavy atom. The van der Waals surface area contributed by atoms with E-state index in [1.807, 2.05) is 18.2 Å². The van der Waals surface area contributed by atoms with Crippen LogP contribution in [0, 0.1) is 0 Å². The first-order valence-corrected chi connectivity index (χ1v) is 8.85. The Morgan fingerprint density at radius 2 is 1.41 bits per heavy atom. The van der Waals surface area contributed by atoms with Gasteiger partial charge in [0.15, 0.2) is 0 Å². The number of aliphatic hydroxyl groups excluding tert-OH is 1. The Hall–Kier alpha value is -1.29. The van der Waals surface area contributed by atoms with Crippen molar-refractivity contribution in [2.24, 2.45) is 0 Å². The second kappa shape index (κ2) is 7.82. The average molecular weight is 313 g/mol. The van der Waals surface area contributed by atoms with Gasteiger partial charge in [0, 0.05) is 16.3 Å². The summed E-state index contributed by atoms with van der Waals surface area (Å²) in [5.74, 6) is 0. The average Bonchev–Trinajstić information content (AvgIpc) is 2.58. The van der Waals surface area contributed by atoms with Crippen molar-refractivity contribution < 1.29 is 5.11 Å². The maximum absolute atomic E-state index is 9.51. The summed E-state index contributed by atoms with van der Waals surface area (Å²) in [4.78, 5) is 5.01. The summed E-state index contributed by atoms with van der Waals surface area (Å²) < 4.78 is 0. The summed E-state index contributed by atoms with van der Waals surface area (Å²) in [5, 5.41) is 9.51. The monoisotopic (exact) mass is 313 g/mol. The molecule has 2 aromatic rings. The van der Waals surface area contributed by atoms with Crippen LogP contribution in [-0.2, 0) is 13.2 Å². The van der Waals surface area contributed by atoms with Gasteiger partial charge in [-0.05, 0) is 49.2 Å². The lowest BCUT2D eigenvalue weighted by Crippen LogP contribution is -2.29. The fourth-order valence-corrected chi connectivity index (χ4v) is 4.00. The maximum atomic E-state index is 9.51. The van der Waals surface area contributed by atoms with E-state index < -0.39 is 0 Å². The summed E-state index contributed by atoms with van der Waals surface area (Å²) in [6.07, 6.45) is 4.02. The zero-order chi connectivity index (χ0) is 15.2. The van der Waals surface area contributed by atoms with Gasteiger partial charge in [-0.2, -0.15) is 0 Å². The van der Waals surface area contributed by atoms with Gasteiger partial charge >= 0.3 is 0 Å². The third-order valence-corrected chi connectivity index (χ3v) is 5.41. The molecule has 2 aromatic carbocycles. The fourth-order valence-electron chi connectivity index (χ4n) is 2.94. The van der Waals surface area contributed by atoms with Gasteiger partial charge in [-0.1, -0.05) is 54.6 Å². The number of piperidine rings is 1. The van der Waals surface area contributed by atoms with Crippen LogP contribution in [0.15, 0.2) is 58.3 Å². The minimum Gasteiger partial charge on any atom is -0.392 e. The van der Waals surface area contributed by atoms with E-state index in [2.05, 4.69) is 35.2 Å². The van der Waals surface area contributed by atoms with Crippen molar-refractivity contribution in [2.45, 2.75) is 42.2 Å². The Labute approximate surface area is 137 Å². The van der Waals surface area contributed by atoms with Crippen molar-refractivity contribution in [1.82, 2.24) is 4.90 Å². The van der Waals surface area contributed by atoms with Gasteiger partial charge in [-0.25, -0.2) is 0 Å². The number of rotatable bonds is 5. The lowest BCUT2D eigenvalue weighted by atomic mass is 10.1. The Kier molecular flexibility index (Phi) is 5.54. The number of nitrogens with zero attached hydrogens (tertiary/aromatic N) is 1. The molecule has 1 N–H and O–H groups in total. The second-order valence-electron chi connectivity index (χ2n) is 5.81. The molecule has 1 fully saturated rings. The highest BCUT2D eigenvalue weighted by atomic mass is 32.2. The van der Waals surface area contributed by atoms with E-state index in [9.17, 15) is 5.11 Å². The molecule has 0 unspecified atom stereocenters. The fraction of sp³-hybridized carbons (Fsp3) is 0.368. The third-order valence-electron chi connectivity index (χ3n) is 4.18. The zero-order valence-electron chi connectivity index (χ0n) is 12.9. The van der Waals surface area contributed by atoms with Crippen molar-refractivity contribution in [2.75, 3.05) is 13.1 Å². The van der Waals surface area contributed by atoms with E-state index in [0.29, 0.717) is 0 Å². The van der Waals surface area contributed by atoms with Gasteiger partial charge in [0.05, 0.1) is 6.61 Å². The van der Waals surface area contributed by atoms with Gasteiger partial charge in [0.25, 0.3) is 0 Å². The quantitative estimate of drug-likeness (QED) is 0.889. The van der Waals surface area contributed by atoms with Crippen LogP contribution in [0.1, 0.15) is 30.4 Å². The van der Waals surface area contributed by atoms with Gasteiger partial charge in [0.2, 0.25) is 0 Å². The molecule has 2 nitrogen and oxygen atoms in total. The Balaban J connectivity index is 1.78. The van der Waals surface area contributed by atoms with E-state index in [1.54, 1.807) is 11.8 Å². The maximum Gasteiger partial charge on any atom is 0.0692 e. The highest BCUT2D eigenvalue weighted by Crippen LogP contribution is 2.33. The standard InChI is InChI=1S/C19H23NOS/c21-15-17-9-3-5-11-19(17)22-18-10-4-2-8-16(18)14-20-12-6-1-7-13-20/h2-5,8-11,21H,1,6-7,12-15H2. The summed E-state index contributed by atoms with van der Waals surface area (Å²) in [6.45, 7) is 3.56. The summed E-state index contributed by atoms with van der Waals surface area (Å²) in [7, 11) is 0. The molecule has 3 heteroatoms. The molecule has 0 aromatic heterocycles. The lowest BCUT2D eigenvalue weighted by Gasteiger charge is -2.27. The molecule has 0 radical (unpaired) electrons. The van der Waals surface area contributed by atoms with E-state index in [4.69, 9.17) is 0 Å². The van der Waals surface area contributed by atoms with Crippen molar-refractivity contribution >= 4 is 11.8 Å². The normalized spacial score (nSPS) is 15.9. The number of likely N-dealkylation sites (tertiary alicyclic amines) is 1. The lowest BCUT2D eigenvalue weighted by molar-refractivity contribution is 0.219. The van der Waals surface area contributed by atoms with Crippen LogP contribution in [0.5, 0.6) is 0 Å². The van der Waals surface area contributed by atoms with Crippen LogP contribution >= 0.6 is 11.8 Å². The van der Waals surface area contributed by atoms with Crippen molar-refractivity contribution in [1.29, 1.82) is 0 Å². The van der Waals surface area contributed by atoms with Gasteiger partial charge < -0.3 is 5.11 Å². The second-order valence-corrected chi connectivity index (χ2v) is 6.90. The first-order chi connectivity index (χ1) is 10.9. The number of hydrogen-bond acceptors (Lipinski definition) is 3. The first kappa shape index (κ1) is 15.6. The molecule has 0 amide bonds. The van der Waals surface area contributed by atoms with Crippen molar-refractivity contribution in [3.8, 4) is 0 Å². The summed E-state index contributed by atoms with van der Waals surface area (Å²) in [5.41, 5.74) is 2.39. The van der Waals surface area contributed by atoms with Crippen LogP contribution < -0.4 is 0 Å². The Morgan fingerprint density at radius 1 is 0.818 bits per heavy atom. The molecule has 1 heterocycles. The predicted molar refractivity (Wildman–Crippen MR) is 92.1 cm³/mol. The smallest absolute Gasteiger partial charge is 0.0692 e. The largest absolute Gasteiger partial charge is 0.392 e. The molecule has 0 aliphatic carbocycles. The minimum absolute atomic E-state index is 0.0947. The zero-order valence-corrected chi connectivity index (χ0v) is 13.7. The molecule has 0 saturated carbocycles. The van der Waals surface area contributed by atoms with E-state index >= 15 is 0 Å².